The standard InChI is InChI=1S/C13H19N.ClH/c1-9(2)10-3-5-11(6-4-10)13(14)12-7-8-12;/h3-6,9,12-13H,7-8,14H2,1-2H3;1H/t13-;/m1./s1. The molecule has 0 unspecified atom stereocenters. The van der Waals surface area contributed by atoms with Gasteiger partial charge in [0.1, 0.15) is 0 Å². The van der Waals surface area contributed by atoms with Crippen molar-refractivity contribution in [2.45, 2.75) is 38.6 Å². The van der Waals surface area contributed by atoms with Gasteiger partial charge in [-0.3, -0.25) is 0 Å². The van der Waals surface area contributed by atoms with Crippen LogP contribution in [-0.4, -0.2) is 0 Å². The Morgan fingerprint density at radius 2 is 1.53 bits per heavy atom. The van der Waals surface area contributed by atoms with Gasteiger partial charge in [0, 0.05) is 6.04 Å². The van der Waals surface area contributed by atoms with Gasteiger partial charge in [0.05, 0.1) is 0 Å². The Morgan fingerprint density at radius 1 is 1.07 bits per heavy atom. The molecule has 1 aliphatic rings. The Balaban J connectivity index is 0.00000112. The summed E-state index contributed by atoms with van der Waals surface area (Å²) >= 11 is 0. The zero-order chi connectivity index (χ0) is 10.1. The van der Waals surface area contributed by atoms with Crippen LogP contribution in [0, 0.1) is 5.92 Å². The first-order valence-corrected chi connectivity index (χ1v) is 5.54. The highest BCUT2D eigenvalue weighted by Gasteiger charge is 2.29. The zero-order valence-electron chi connectivity index (χ0n) is 9.44. The molecule has 84 valence electrons. The van der Waals surface area contributed by atoms with Crippen molar-refractivity contribution in [1.29, 1.82) is 0 Å². The first kappa shape index (κ1) is 12.5. The monoisotopic (exact) mass is 225 g/mol. The average Bonchev–Trinajstić information content (AvgIpc) is 3.00. The molecule has 1 atom stereocenters. The number of halogens is 1. The minimum Gasteiger partial charge on any atom is -0.324 e. The van der Waals surface area contributed by atoms with Gasteiger partial charge in [-0.05, 0) is 35.8 Å². The topological polar surface area (TPSA) is 26.0 Å². The molecule has 2 heteroatoms. The fraction of sp³-hybridized carbons (Fsp3) is 0.538. The normalized spacial score (nSPS) is 17.3. The van der Waals surface area contributed by atoms with E-state index < -0.39 is 0 Å². The van der Waals surface area contributed by atoms with Crippen LogP contribution in [0.5, 0.6) is 0 Å². The summed E-state index contributed by atoms with van der Waals surface area (Å²) < 4.78 is 0. The van der Waals surface area contributed by atoms with E-state index in [9.17, 15) is 0 Å². The van der Waals surface area contributed by atoms with Crippen molar-refractivity contribution in [1.82, 2.24) is 0 Å². The third-order valence-electron chi connectivity index (χ3n) is 3.12. The molecule has 1 fully saturated rings. The van der Waals surface area contributed by atoms with Crippen molar-refractivity contribution in [2.24, 2.45) is 11.7 Å². The molecule has 0 aromatic heterocycles. The van der Waals surface area contributed by atoms with Gasteiger partial charge in [-0.1, -0.05) is 38.1 Å². The maximum absolute atomic E-state index is 6.13. The summed E-state index contributed by atoms with van der Waals surface area (Å²) in [7, 11) is 0. The van der Waals surface area contributed by atoms with Crippen molar-refractivity contribution < 1.29 is 0 Å². The molecule has 0 spiro atoms. The van der Waals surface area contributed by atoms with Crippen LogP contribution in [-0.2, 0) is 0 Å². The number of rotatable bonds is 3. The van der Waals surface area contributed by atoms with E-state index in [2.05, 4.69) is 38.1 Å². The lowest BCUT2D eigenvalue weighted by molar-refractivity contribution is 0.633. The van der Waals surface area contributed by atoms with E-state index in [4.69, 9.17) is 5.73 Å². The van der Waals surface area contributed by atoms with Crippen molar-refractivity contribution >= 4 is 12.4 Å². The van der Waals surface area contributed by atoms with Gasteiger partial charge in [-0.15, -0.1) is 12.4 Å². The van der Waals surface area contributed by atoms with Crippen molar-refractivity contribution in [3.05, 3.63) is 35.4 Å². The fourth-order valence-corrected chi connectivity index (χ4v) is 1.83. The van der Waals surface area contributed by atoms with E-state index in [1.165, 1.54) is 24.0 Å². The second kappa shape index (κ2) is 5.00. The van der Waals surface area contributed by atoms with Crippen LogP contribution in [0.15, 0.2) is 24.3 Å². The summed E-state index contributed by atoms with van der Waals surface area (Å²) in [6, 6.07) is 9.08. The Labute approximate surface area is 98.5 Å². The molecule has 1 saturated carbocycles. The van der Waals surface area contributed by atoms with Gasteiger partial charge >= 0.3 is 0 Å². The number of benzene rings is 1. The minimum absolute atomic E-state index is 0. The van der Waals surface area contributed by atoms with E-state index in [1.54, 1.807) is 0 Å². The van der Waals surface area contributed by atoms with Crippen molar-refractivity contribution in [3.63, 3.8) is 0 Å². The maximum Gasteiger partial charge on any atom is 0.0323 e. The van der Waals surface area contributed by atoms with E-state index in [0.717, 1.165) is 5.92 Å². The SMILES string of the molecule is CC(C)c1ccc([C@@H](N)C2CC2)cc1.Cl. The summed E-state index contributed by atoms with van der Waals surface area (Å²) in [5.74, 6) is 1.36. The Kier molecular flexibility index (Phi) is 4.18. The third kappa shape index (κ3) is 2.96. The molecule has 1 aromatic rings. The summed E-state index contributed by atoms with van der Waals surface area (Å²) in [5, 5.41) is 0. The second-order valence-electron chi connectivity index (χ2n) is 4.68. The van der Waals surface area contributed by atoms with Crippen molar-refractivity contribution in [3.8, 4) is 0 Å². The van der Waals surface area contributed by atoms with Crippen LogP contribution in [0.25, 0.3) is 0 Å². The summed E-state index contributed by atoms with van der Waals surface area (Å²) in [6.45, 7) is 4.44. The minimum atomic E-state index is 0. The number of hydrogen-bond donors (Lipinski definition) is 1. The van der Waals surface area contributed by atoms with Crippen LogP contribution in [0.3, 0.4) is 0 Å². The molecule has 1 aliphatic carbocycles. The Hall–Kier alpha value is -0.530. The van der Waals surface area contributed by atoms with Gasteiger partial charge in [-0.2, -0.15) is 0 Å². The lowest BCUT2D eigenvalue weighted by atomic mass is 9.98. The lowest BCUT2D eigenvalue weighted by Gasteiger charge is -2.12. The molecule has 2 N–H and O–H groups in total. The quantitative estimate of drug-likeness (QED) is 0.835. The number of nitrogens with two attached hydrogens (primary N) is 1. The lowest BCUT2D eigenvalue weighted by Crippen LogP contribution is -2.12. The van der Waals surface area contributed by atoms with E-state index in [1.807, 2.05) is 0 Å². The highest BCUT2D eigenvalue weighted by atomic mass is 35.5. The summed E-state index contributed by atoms with van der Waals surface area (Å²) in [4.78, 5) is 0. The molecule has 0 saturated heterocycles. The molecular formula is C13H20ClN. The van der Waals surface area contributed by atoms with Gasteiger partial charge in [0.15, 0.2) is 0 Å². The fourth-order valence-electron chi connectivity index (χ4n) is 1.83. The number of hydrogen-bond acceptors (Lipinski definition) is 1. The molecule has 15 heavy (non-hydrogen) atoms. The predicted octanol–water partition coefficient (Wildman–Crippen LogP) is 3.64. The Bertz CT molecular complexity index is 301. The van der Waals surface area contributed by atoms with Crippen molar-refractivity contribution in [2.75, 3.05) is 0 Å². The average molecular weight is 226 g/mol. The third-order valence-corrected chi connectivity index (χ3v) is 3.12. The first-order chi connectivity index (χ1) is 6.68. The largest absolute Gasteiger partial charge is 0.324 e. The van der Waals surface area contributed by atoms with E-state index in [-0.39, 0.29) is 18.4 Å². The van der Waals surface area contributed by atoms with Crippen LogP contribution in [0.1, 0.15) is 49.8 Å². The molecule has 0 heterocycles. The van der Waals surface area contributed by atoms with Crippen LogP contribution in [0.2, 0.25) is 0 Å². The zero-order valence-corrected chi connectivity index (χ0v) is 10.3. The Morgan fingerprint density at radius 3 is 1.93 bits per heavy atom. The smallest absolute Gasteiger partial charge is 0.0323 e. The molecular weight excluding hydrogens is 206 g/mol. The van der Waals surface area contributed by atoms with Gasteiger partial charge in [-0.25, -0.2) is 0 Å². The highest BCUT2D eigenvalue weighted by molar-refractivity contribution is 5.85. The van der Waals surface area contributed by atoms with Gasteiger partial charge in [0.25, 0.3) is 0 Å². The molecule has 0 radical (unpaired) electrons. The molecule has 1 aromatic carbocycles. The molecule has 0 aliphatic heterocycles. The van der Waals surface area contributed by atoms with Gasteiger partial charge < -0.3 is 5.73 Å². The van der Waals surface area contributed by atoms with E-state index >= 15 is 0 Å². The highest BCUT2D eigenvalue weighted by Crippen LogP contribution is 2.39. The summed E-state index contributed by atoms with van der Waals surface area (Å²) in [5.41, 5.74) is 8.83. The van der Waals surface area contributed by atoms with Crippen LogP contribution >= 0.6 is 12.4 Å². The van der Waals surface area contributed by atoms with E-state index in [0.29, 0.717) is 5.92 Å². The van der Waals surface area contributed by atoms with Gasteiger partial charge in [0.2, 0.25) is 0 Å². The molecule has 2 rings (SSSR count). The molecule has 1 nitrogen and oxygen atoms in total. The summed E-state index contributed by atoms with van der Waals surface area (Å²) in [6.07, 6.45) is 2.63. The first-order valence-electron chi connectivity index (χ1n) is 5.54. The molecule has 0 amide bonds. The predicted molar refractivity (Wildman–Crippen MR) is 67.4 cm³/mol. The van der Waals surface area contributed by atoms with Crippen LogP contribution < -0.4 is 5.73 Å². The molecule has 0 bridgehead atoms. The maximum atomic E-state index is 6.13. The second-order valence-corrected chi connectivity index (χ2v) is 4.68. The van der Waals surface area contributed by atoms with Crippen LogP contribution in [0.4, 0.5) is 0 Å².